The lowest BCUT2D eigenvalue weighted by Crippen LogP contribution is -2.13. The van der Waals surface area contributed by atoms with Crippen LogP contribution in [-0.4, -0.2) is 19.2 Å². The second kappa shape index (κ2) is 5.88. The van der Waals surface area contributed by atoms with Gasteiger partial charge in [0.1, 0.15) is 0 Å². The van der Waals surface area contributed by atoms with E-state index >= 15 is 0 Å². The number of rotatable bonds is 4. The molecule has 5 heteroatoms. The lowest BCUT2D eigenvalue weighted by Gasteiger charge is -2.11. The maximum Gasteiger partial charge on any atom is 0.213 e. The van der Waals surface area contributed by atoms with Crippen molar-refractivity contribution in [2.45, 2.75) is 0 Å². The Morgan fingerprint density at radius 2 is 1.85 bits per heavy atom. The van der Waals surface area contributed by atoms with E-state index in [4.69, 9.17) is 5.73 Å². The second-order valence-corrected chi connectivity index (χ2v) is 5.09. The highest BCUT2D eigenvalue weighted by Crippen LogP contribution is 2.26. The molecule has 0 aliphatic carbocycles. The van der Waals surface area contributed by atoms with Crippen LogP contribution in [0.1, 0.15) is 15.9 Å². The summed E-state index contributed by atoms with van der Waals surface area (Å²) < 4.78 is 0.596. The molecule has 0 aliphatic rings. The second-order valence-electron chi connectivity index (χ2n) is 4.30. The van der Waals surface area contributed by atoms with Gasteiger partial charge in [0, 0.05) is 29.5 Å². The van der Waals surface area contributed by atoms with Gasteiger partial charge in [-0.05, 0) is 52.3 Å². The van der Waals surface area contributed by atoms with Crippen LogP contribution in [0.5, 0.6) is 0 Å². The lowest BCUT2D eigenvalue weighted by molar-refractivity contribution is -0.107. The molecule has 2 aromatic carbocycles. The van der Waals surface area contributed by atoms with Gasteiger partial charge in [0.15, 0.2) is 5.78 Å². The van der Waals surface area contributed by atoms with E-state index in [1.165, 1.54) is 4.90 Å². The van der Waals surface area contributed by atoms with Gasteiger partial charge in [-0.2, -0.15) is 0 Å². The van der Waals surface area contributed by atoms with E-state index in [9.17, 15) is 9.59 Å². The molecule has 0 spiro atoms. The van der Waals surface area contributed by atoms with Gasteiger partial charge in [0.2, 0.25) is 6.41 Å². The standard InChI is InChI=1S/C15H13BrN2O2/c1-18(9-19)11-7-5-10(6-8-11)15(20)12-3-2-4-13(17)14(12)16/h2-9H,17H2,1H3. The van der Waals surface area contributed by atoms with E-state index in [2.05, 4.69) is 15.9 Å². The smallest absolute Gasteiger partial charge is 0.213 e. The zero-order chi connectivity index (χ0) is 14.7. The number of carbonyl (C=O) groups excluding carboxylic acids is 2. The number of nitrogens with two attached hydrogens (primary N) is 1. The number of hydrogen-bond donors (Lipinski definition) is 1. The van der Waals surface area contributed by atoms with Crippen molar-refractivity contribution in [2.75, 3.05) is 17.7 Å². The molecular weight excluding hydrogens is 320 g/mol. The molecule has 0 saturated carbocycles. The van der Waals surface area contributed by atoms with E-state index < -0.39 is 0 Å². The number of nitrogens with zero attached hydrogens (tertiary/aromatic N) is 1. The molecule has 0 saturated heterocycles. The Balaban J connectivity index is 2.34. The maximum atomic E-state index is 12.4. The predicted octanol–water partition coefficient (Wildman–Crippen LogP) is 2.85. The highest BCUT2D eigenvalue weighted by Gasteiger charge is 2.14. The summed E-state index contributed by atoms with van der Waals surface area (Å²) in [5, 5.41) is 0. The van der Waals surface area contributed by atoms with Crippen LogP contribution < -0.4 is 10.6 Å². The van der Waals surface area contributed by atoms with Crippen molar-refractivity contribution in [1.29, 1.82) is 0 Å². The lowest BCUT2D eigenvalue weighted by atomic mass is 10.0. The number of anilines is 2. The molecule has 0 fully saturated rings. The molecule has 0 aromatic heterocycles. The third-order valence-corrected chi connectivity index (χ3v) is 3.85. The molecule has 2 aromatic rings. The average molecular weight is 333 g/mol. The quantitative estimate of drug-likeness (QED) is 0.532. The molecule has 2 rings (SSSR count). The van der Waals surface area contributed by atoms with Crippen LogP contribution in [0.15, 0.2) is 46.9 Å². The highest BCUT2D eigenvalue weighted by molar-refractivity contribution is 9.10. The van der Waals surface area contributed by atoms with Crippen LogP contribution in [0.2, 0.25) is 0 Å². The fraction of sp³-hybridized carbons (Fsp3) is 0.0667. The van der Waals surface area contributed by atoms with Crippen LogP contribution >= 0.6 is 15.9 Å². The summed E-state index contributed by atoms with van der Waals surface area (Å²) in [6.07, 6.45) is 0.714. The van der Waals surface area contributed by atoms with E-state index in [-0.39, 0.29) is 5.78 Å². The SMILES string of the molecule is CN(C=O)c1ccc(C(=O)c2cccc(N)c2Br)cc1. The number of carbonyl (C=O) groups is 2. The van der Waals surface area contributed by atoms with Gasteiger partial charge in [0.05, 0.1) is 4.47 Å². The molecule has 0 aliphatic heterocycles. The van der Waals surface area contributed by atoms with Crippen molar-refractivity contribution in [3.8, 4) is 0 Å². The Labute approximate surface area is 125 Å². The molecule has 0 radical (unpaired) electrons. The first-order valence-corrected chi connectivity index (χ1v) is 6.70. The van der Waals surface area contributed by atoms with Crippen LogP contribution in [0.25, 0.3) is 0 Å². The predicted molar refractivity (Wildman–Crippen MR) is 82.9 cm³/mol. The van der Waals surface area contributed by atoms with E-state index in [1.807, 2.05) is 0 Å². The highest BCUT2D eigenvalue weighted by atomic mass is 79.9. The zero-order valence-electron chi connectivity index (χ0n) is 10.8. The first-order valence-electron chi connectivity index (χ1n) is 5.91. The fourth-order valence-electron chi connectivity index (χ4n) is 1.79. The van der Waals surface area contributed by atoms with Crippen LogP contribution in [0.4, 0.5) is 11.4 Å². The van der Waals surface area contributed by atoms with Gasteiger partial charge in [-0.3, -0.25) is 9.59 Å². The largest absolute Gasteiger partial charge is 0.398 e. The molecule has 4 nitrogen and oxygen atoms in total. The Bertz CT molecular complexity index is 653. The van der Waals surface area contributed by atoms with E-state index in [0.29, 0.717) is 27.7 Å². The van der Waals surface area contributed by atoms with Gasteiger partial charge >= 0.3 is 0 Å². The van der Waals surface area contributed by atoms with Crippen molar-refractivity contribution in [2.24, 2.45) is 0 Å². The van der Waals surface area contributed by atoms with Gasteiger partial charge < -0.3 is 10.6 Å². The Morgan fingerprint density at radius 3 is 2.45 bits per heavy atom. The summed E-state index contributed by atoms with van der Waals surface area (Å²) in [5.41, 5.74) is 8.08. The molecule has 0 bridgehead atoms. The van der Waals surface area contributed by atoms with Crippen LogP contribution in [0.3, 0.4) is 0 Å². The summed E-state index contributed by atoms with van der Waals surface area (Å²) in [7, 11) is 1.65. The third kappa shape index (κ3) is 2.72. The zero-order valence-corrected chi connectivity index (χ0v) is 12.4. The Morgan fingerprint density at radius 1 is 1.20 bits per heavy atom. The van der Waals surface area contributed by atoms with Crippen molar-refractivity contribution < 1.29 is 9.59 Å². The van der Waals surface area contributed by atoms with E-state index in [1.54, 1.807) is 49.5 Å². The third-order valence-electron chi connectivity index (χ3n) is 2.97. The normalized spacial score (nSPS) is 10.1. The molecule has 1 amide bonds. The minimum Gasteiger partial charge on any atom is -0.398 e. The minimum absolute atomic E-state index is 0.121. The van der Waals surface area contributed by atoms with Crippen molar-refractivity contribution in [1.82, 2.24) is 0 Å². The van der Waals surface area contributed by atoms with Crippen LogP contribution in [0, 0.1) is 0 Å². The van der Waals surface area contributed by atoms with Crippen LogP contribution in [-0.2, 0) is 4.79 Å². The van der Waals surface area contributed by atoms with Gasteiger partial charge in [0.25, 0.3) is 0 Å². The topological polar surface area (TPSA) is 63.4 Å². The number of hydrogen-bond acceptors (Lipinski definition) is 3. The summed E-state index contributed by atoms with van der Waals surface area (Å²) in [4.78, 5) is 24.5. The molecule has 2 N–H and O–H groups in total. The van der Waals surface area contributed by atoms with E-state index in [0.717, 1.165) is 5.69 Å². The summed E-state index contributed by atoms with van der Waals surface area (Å²) in [6, 6.07) is 12.0. The number of benzene rings is 2. The molecule has 0 atom stereocenters. The number of ketones is 1. The molecule has 102 valence electrons. The molecule has 20 heavy (non-hydrogen) atoms. The fourth-order valence-corrected chi connectivity index (χ4v) is 2.23. The number of halogens is 1. The first-order chi connectivity index (χ1) is 9.54. The van der Waals surface area contributed by atoms with Gasteiger partial charge in [-0.15, -0.1) is 0 Å². The summed E-state index contributed by atoms with van der Waals surface area (Å²) in [5.74, 6) is -0.121. The molecule has 0 heterocycles. The summed E-state index contributed by atoms with van der Waals surface area (Å²) >= 11 is 3.33. The van der Waals surface area contributed by atoms with Crippen molar-refractivity contribution >= 4 is 39.5 Å². The Hall–Kier alpha value is -2.14. The van der Waals surface area contributed by atoms with Gasteiger partial charge in [-0.1, -0.05) is 6.07 Å². The van der Waals surface area contributed by atoms with Crippen molar-refractivity contribution in [3.05, 3.63) is 58.1 Å². The first kappa shape index (κ1) is 14.3. The average Bonchev–Trinajstić information content (AvgIpc) is 2.48. The Kier molecular flexibility index (Phi) is 4.20. The minimum atomic E-state index is -0.121. The summed E-state index contributed by atoms with van der Waals surface area (Å²) in [6.45, 7) is 0. The van der Waals surface area contributed by atoms with Crippen molar-refractivity contribution in [3.63, 3.8) is 0 Å². The van der Waals surface area contributed by atoms with Gasteiger partial charge in [-0.25, -0.2) is 0 Å². The molecule has 0 unspecified atom stereocenters. The number of amides is 1. The maximum absolute atomic E-state index is 12.4. The number of nitrogen functional groups attached to an aromatic ring is 1. The molecular formula is C15H13BrN2O2. The monoisotopic (exact) mass is 332 g/mol.